The van der Waals surface area contributed by atoms with Gasteiger partial charge in [0.15, 0.2) is 4.80 Å². The Morgan fingerprint density at radius 1 is 1.19 bits per heavy atom. The first-order valence-electron chi connectivity index (χ1n) is 11.4. The Bertz CT molecular complexity index is 1570. The number of fused-ring (bicyclic) bond motifs is 1. The van der Waals surface area contributed by atoms with Gasteiger partial charge in [-0.25, -0.2) is 19.0 Å². The fraction of sp³-hybridized carbons (Fsp3) is 0.259. The van der Waals surface area contributed by atoms with Crippen LogP contribution >= 0.6 is 22.9 Å². The molecule has 0 radical (unpaired) electrons. The number of methoxy groups -OCH3 is 1. The maximum atomic E-state index is 14.5. The predicted molar refractivity (Wildman–Crippen MR) is 139 cm³/mol. The van der Waals surface area contributed by atoms with E-state index in [1.54, 1.807) is 31.2 Å². The van der Waals surface area contributed by atoms with Crippen LogP contribution < -0.4 is 14.9 Å². The van der Waals surface area contributed by atoms with Crippen molar-refractivity contribution in [2.75, 3.05) is 13.7 Å². The normalized spacial score (nSPS) is 15.4. The van der Waals surface area contributed by atoms with Crippen molar-refractivity contribution in [2.24, 2.45) is 10.9 Å². The van der Waals surface area contributed by atoms with Gasteiger partial charge < -0.3 is 9.47 Å². The molecule has 0 amide bonds. The largest absolute Gasteiger partial charge is 0.465 e. The highest BCUT2D eigenvalue weighted by Gasteiger charge is 2.33. The van der Waals surface area contributed by atoms with E-state index in [1.807, 2.05) is 13.8 Å². The van der Waals surface area contributed by atoms with E-state index in [-0.39, 0.29) is 33.2 Å². The van der Waals surface area contributed by atoms with Crippen molar-refractivity contribution in [1.29, 1.82) is 0 Å². The second-order valence-electron chi connectivity index (χ2n) is 8.82. The molecule has 0 fully saturated rings. The van der Waals surface area contributed by atoms with Gasteiger partial charge in [0.25, 0.3) is 5.56 Å². The van der Waals surface area contributed by atoms with Crippen LogP contribution in [0.4, 0.5) is 4.39 Å². The van der Waals surface area contributed by atoms with Crippen molar-refractivity contribution in [3.8, 4) is 0 Å². The summed E-state index contributed by atoms with van der Waals surface area (Å²) in [5.41, 5.74) is 1.10. The lowest BCUT2D eigenvalue weighted by Crippen LogP contribution is -2.40. The Morgan fingerprint density at radius 3 is 2.51 bits per heavy atom. The Labute approximate surface area is 221 Å². The maximum absolute atomic E-state index is 14.5. The molecule has 0 spiro atoms. The van der Waals surface area contributed by atoms with Gasteiger partial charge in [0.1, 0.15) is 5.82 Å². The van der Waals surface area contributed by atoms with E-state index < -0.39 is 29.4 Å². The molecule has 2 heterocycles. The molecule has 1 aliphatic rings. The van der Waals surface area contributed by atoms with Crippen LogP contribution in [-0.2, 0) is 14.3 Å². The maximum Gasteiger partial charge on any atom is 0.338 e. The van der Waals surface area contributed by atoms with Crippen molar-refractivity contribution < 1.29 is 23.5 Å². The molecule has 192 valence electrons. The minimum atomic E-state index is -0.874. The van der Waals surface area contributed by atoms with Gasteiger partial charge in [0.2, 0.25) is 0 Å². The highest BCUT2D eigenvalue weighted by Crippen LogP contribution is 2.31. The number of aromatic nitrogens is 1. The third kappa shape index (κ3) is 5.28. The lowest BCUT2D eigenvalue weighted by Gasteiger charge is -2.25. The summed E-state index contributed by atoms with van der Waals surface area (Å²) in [6, 6.07) is 9.81. The molecule has 1 aliphatic heterocycles. The van der Waals surface area contributed by atoms with Gasteiger partial charge >= 0.3 is 11.9 Å². The zero-order valence-electron chi connectivity index (χ0n) is 20.6. The predicted octanol–water partition coefficient (Wildman–Crippen LogP) is 4.01. The minimum Gasteiger partial charge on any atom is -0.465 e. The molecular weight excluding hydrogens is 519 g/mol. The number of nitrogens with zero attached hydrogens (tertiary/aromatic N) is 2. The molecule has 3 aromatic rings. The molecule has 1 unspecified atom stereocenters. The van der Waals surface area contributed by atoms with E-state index in [0.29, 0.717) is 21.6 Å². The van der Waals surface area contributed by atoms with Gasteiger partial charge in [-0.3, -0.25) is 9.36 Å². The molecule has 1 aromatic heterocycles. The minimum absolute atomic E-state index is 0.0840. The number of carbonyl (C=O) groups excluding carboxylic acids is 2. The first kappa shape index (κ1) is 26.5. The van der Waals surface area contributed by atoms with E-state index in [1.165, 1.54) is 36.0 Å². The van der Waals surface area contributed by atoms with Crippen molar-refractivity contribution in [3.05, 3.63) is 101 Å². The molecular formula is C27H24ClFN2O5S. The summed E-state index contributed by atoms with van der Waals surface area (Å²) < 4.78 is 26.3. The van der Waals surface area contributed by atoms with E-state index >= 15 is 0 Å². The van der Waals surface area contributed by atoms with Crippen LogP contribution in [0.25, 0.3) is 6.08 Å². The summed E-state index contributed by atoms with van der Waals surface area (Å²) in [6.45, 7) is 5.70. The fourth-order valence-electron chi connectivity index (χ4n) is 3.92. The Kier molecular flexibility index (Phi) is 7.75. The van der Waals surface area contributed by atoms with Gasteiger partial charge in [-0.05, 0) is 48.7 Å². The number of esters is 2. The Balaban J connectivity index is 1.92. The van der Waals surface area contributed by atoms with E-state index in [9.17, 15) is 18.8 Å². The van der Waals surface area contributed by atoms with Gasteiger partial charge in [-0.2, -0.15) is 0 Å². The molecule has 0 N–H and O–H groups in total. The van der Waals surface area contributed by atoms with E-state index in [4.69, 9.17) is 21.1 Å². The van der Waals surface area contributed by atoms with Gasteiger partial charge in [-0.15, -0.1) is 0 Å². The van der Waals surface area contributed by atoms with Crippen molar-refractivity contribution >= 4 is 41.0 Å². The van der Waals surface area contributed by atoms with Gasteiger partial charge in [0, 0.05) is 5.56 Å². The average molecular weight is 543 g/mol. The van der Waals surface area contributed by atoms with Crippen LogP contribution in [0, 0.1) is 11.7 Å². The molecule has 0 aliphatic carbocycles. The molecule has 37 heavy (non-hydrogen) atoms. The number of halogens is 2. The molecule has 2 aromatic carbocycles. The molecule has 7 nitrogen and oxygen atoms in total. The first-order valence-corrected chi connectivity index (χ1v) is 12.6. The van der Waals surface area contributed by atoms with Gasteiger partial charge in [-0.1, -0.05) is 55.0 Å². The second-order valence-corrected chi connectivity index (χ2v) is 10.2. The number of thiazole rings is 1. The SMILES string of the molecule is COC(=O)c1ccc(C2C(C(=O)OCC(C)C)=C(C)N=c3sc(=Cc4c(F)cccc4Cl)c(=O)n32)cc1. The lowest BCUT2D eigenvalue weighted by molar-refractivity contribution is -0.140. The number of rotatable bonds is 6. The molecule has 0 saturated carbocycles. The topological polar surface area (TPSA) is 87.0 Å². The first-order chi connectivity index (χ1) is 17.6. The number of ether oxygens (including phenoxy) is 2. The van der Waals surface area contributed by atoms with Crippen LogP contribution in [-0.4, -0.2) is 30.2 Å². The molecule has 0 bridgehead atoms. The number of hydrogen-bond donors (Lipinski definition) is 0. The highest BCUT2D eigenvalue weighted by atomic mass is 35.5. The Hall–Kier alpha value is -3.56. The van der Waals surface area contributed by atoms with E-state index in [2.05, 4.69) is 4.99 Å². The summed E-state index contributed by atoms with van der Waals surface area (Å²) in [5, 5.41) is 0.162. The standard InChI is InChI=1S/C27H24ClFN2O5S/c1-14(2)13-36-26(34)22-15(3)30-27-31(23(22)16-8-10-17(11-9-16)25(33)35-4)24(32)21(37-27)12-18-19(28)6-5-7-20(18)29/h5-12,14,23H,13H2,1-4H3. The number of carbonyl (C=O) groups is 2. The lowest BCUT2D eigenvalue weighted by atomic mass is 9.95. The summed E-state index contributed by atoms with van der Waals surface area (Å²) in [7, 11) is 1.28. The third-order valence-corrected chi connectivity index (χ3v) is 7.02. The van der Waals surface area contributed by atoms with Crippen LogP contribution in [0.5, 0.6) is 0 Å². The summed E-state index contributed by atoms with van der Waals surface area (Å²) in [4.78, 5) is 43.7. The smallest absolute Gasteiger partial charge is 0.338 e. The molecule has 4 rings (SSSR count). The zero-order chi connectivity index (χ0) is 26.9. The van der Waals surface area contributed by atoms with Crippen LogP contribution in [0.3, 0.4) is 0 Å². The molecule has 1 atom stereocenters. The van der Waals surface area contributed by atoms with Crippen molar-refractivity contribution in [1.82, 2.24) is 4.57 Å². The summed E-state index contributed by atoms with van der Waals surface area (Å²) in [5.74, 6) is -1.57. The Morgan fingerprint density at radius 2 is 1.89 bits per heavy atom. The van der Waals surface area contributed by atoms with Crippen LogP contribution in [0.2, 0.25) is 5.02 Å². The van der Waals surface area contributed by atoms with Crippen molar-refractivity contribution in [2.45, 2.75) is 26.8 Å². The number of allylic oxidation sites excluding steroid dienone is 1. The van der Waals surface area contributed by atoms with Crippen molar-refractivity contribution in [3.63, 3.8) is 0 Å². The van der Waals surface area contributed by atoms with Crippen LogP contribution in [0.1, 0.15) is 48.3 Å². The molecule has 0 saturated heterocycles. The molecule has 10 heteroatoms. The fourth-order valence-corrected chi connectivity index (χ4v) is 5.16. The third-order valence-electron chi connectivity index (χ3n) is 5.71. The summed E-state index contributed by atoms with van der Waals surface area (Å²) >= 11 is 7.24. The number of hydrogen-bond acceptors (Lipinski definition) is 7. The second kappa shape index (κ2) is 10.8. The average Bonchev–Trinajstić information content (AvgIpc) is 3.17. The van der Waals surface area contributed by atoms with Crippen LogP contribution in [0.15, 0.2) is 63.5 Å². The highest BCUT2D eigenvalue weighted by molar-refractivity contribution is 7.07. The van der Waals surface area contributed by atoms with Gasteiger partial charge in [0.05, 0.1) is 46.1 Å². The zero-order valence-corrected chi connectivity index (χ0v) is 22.2. The monoisotopic (exact) mass is 542 g/mol. The summed E-state index contributed by atoms with van der Waals surface area (Å²) in [6.07, 6.45) is 1.38. The quantitative estimate of drug-likeness (QED) is 0.439. The number of benzene rings is 2. The van der Waals surface area contributed by atoms with E-state index in [0.717, 1.165) is 11.3 Å².